The number of pyridine rings is 1. The minimum atomic E-state index is -3.78. The molecule has 2 aliphatic carbocycles. The number of nitrogens with one attached hydrogen (secondary N) is 2. The van der Waals surface area contributed by atoms with Gasteiger partial charge in [0.2, 0.25) is 0 Å². The number of sulfone groups is 1. The normalized spacial score (nSPS) is 20.5. The Morgan fingerprint density at radius 1 is 1.26 bits per heavy atom. The van der Waals surface area contributed by atoms with Crippen LogP contribution in [0.4, 0.5) is 0 Å². The standard InChI is InChI=1S/C22H27ClN6O4S/c1-13-6-15(9-24-8-13)21(30)29-28-18(27-17-7-22(17)4-5-22)12-34(31,32)14(2)19(33-3)20-25-10-16(23)11-26-20/h6,8-11,14,17,19H,4-5,7,12H2,1-3H3,(H,27,28)(H,29,30)/t14-,17?,19-/m0/s1. The van der Waals surface area contributed by atoms with Crippen molar-refractivity contribution in [2.24, 2.45) is 10.4 Å². The second-order valence-electron chi connectivity index (χ2n) is 8.92. The zero-order chi connectivity index (χ0) is 24.5. The van der Waals surface area contributed by atoms with Crippen molar-refractivity contribution in [3.05, 3.63) is 52.8 Å². The molecule has 2 fully saturated rings. The minimum Gasteiger partial charge on any atom is -0.372 e. The Kier molecular flexibility index (Phi) is 6.88. The quantitative estimate of drug-likeness (QED) is 0.316. The number of aliphatic imine (C=N–C) groups is 1. The maximum atomic E-state index is 13.3. The monoisotopic (exact) mass is 506 g/mol. The fourth-order valence-electron chi connectivity index (χ4n) is 3.87. The highest BCUT2D eigenvalue weighted by atomic mass is 35.5. The number of amides is 1. The van der Waals surface area contributed by atoms with Crippen molar-refractivity contribution >= 4 is 33.2 Å². The van der Waals surface area contributed by atoms with Crippen LogP contribution in [0.25, 0.3) is 0 Å². The van der Waals surface area contributed by atoms with Gasteiger partial charge in [0, 0.05) is 31.9 Å². The summed E-state index contributed by atoms with van der Waals surface area (Å²) in [6.45, 7) is 3.37. The highest BCUT2D eigenvalue weighted by Gasteiger charge is 2.63. The highest BCUT2D eigenvalue weighted by Crippen LogP contribution is 2.67. The first-order valence-corrected chi connectivity index (χ1v) is 13.0. The van der Waals surface area contributed by atoms with Crippen molar-refractivity contribution in [2.45, 2.75) is 50.5 Å². The molecule has 0 radical (unpaired) electrons. The van der Waals surface area contributed by atoms with Crippen LogP contribution in [0, 0.1) is 12.3 Å². The first-order chi connectivity index (χ1) is 16.1. The maximum absolute atomic E-state index is 13.3. The molecule has 2 aliphatic rings. The van der Waals surface area contributed by atoms with Gasteiger partial charge in [0.05, 0.1) is 21.9 Å². The van der Waals surface area contributed by atoms with E-state index in [-0.39, 0.29) is 23.1 Å². The zero-order valence-corrected chi connectivity index (χ0v) is 20.7. The van der Waals surface area contributed by atoms with E-state index in [0.29, 0.717) is 10.6 Å². The summed E-state index contributed by atoms with van der Waals surface area (Å²) in [4.78, 5) is 29.4. The number of amidine groups is 1. The summed E-state index contributed by atoms with van der Waals surface area (Å²) in [5.74, 6) is -0.438. The Bertz CT molecular complexity index is 1200. The van der Waals surface area contributed by atoms with Gasteiger partial charge in [0.1, 0.15) is 17.7 Å². The summed E-state index contributed by atoms with van der Waals surface area (Å²) < 4.78 is 32.1. The molecule has 0 aliphatic heterocycles. The minimum absolute atomic E-state index is 0.0656. The molecular weight excluding hydrogens is 480 g/mol. The van der Waals surface area contributed by atoms with Crippen LogP contribution >= 0.6 is 11.6 Å². The van der Waals surface area contributed by atoms with E-state index in [1.165, 1.54) is 32.6 Å². The Balaban J connectivity index is 1.49. The summed E-state index contributed by atoms with van der Waals surface area (Å²) in [7, 11) is -2.38. The second-order valence-corrected chi connectivity index (χ2v) is 11.7. The fourth-order valence-corrected chi connectivity index (χ4v) is 5.36. The van der Waals surface area contributed by atoms with E-state index in [9.17, 15) is 13.2 Å². The molecule has 0 aromatic carbocycles. The summed E-state index contributed by atoms with van der Waals surface area (Å²) in [5, 5.41) is -0.637. The molecule has 4 rings (SSSR count). The lowest BCUT2D eigenvalue weighted by atomic mass is 10.2. The molecule has 1 unspecified atom stereocenters. The number of nitrogens with zero attached hydrogens (tertiary/aromatic N) is 4. The Labute approximate surface area is 203 Å². The van der Waals surface area contributed by atoms with Gasteiger partial charge in [-0.1, -0.05) is 11.6 Å². The van der Waals surface area contributed by atoms with Crippen LogP contribution in [-0.2, 0) is 14.6 Å². The lowest BCUT2D eigenvalue weighted by Crippen LogP contribution is -2.46. The number of carbonyl (C=O) groups is 1. The smallest absolute Gasteiger partial charge is 0.271 e. The van der Waals surface area contributed by atoms with E-state index in [1.54, 1.807) is 12.3 Å². The van der Waals surface area contributed by atoms with Gasteiger partial charge >= 0.3 is 0 Å². The molecule has 1 spiro atoms. The van der Waals surface area contributed by atoms with Crippen molar-refractivity contribution in [3.63, 3.8) is 0 Å². The van der Waals surface area contributed by atoms with Gasteiger partial charge in [0.25, 0.3) is 5.91 Å². The highest BCUT2D eigenvalue weighted by molar-refractivity contribution is 7.92. The van der Waals surface area contributed by atoms with Crippen molar-refractivity contribution in [2.75, 3.05) is 12.9 Å². The van der Waals surface area contributed by atoms with E-state index >= 15 is 0 Å². The van der Waals surface area contributed by atoms with Gasteiger partial charge < -0.3 is 4.74 Å². The summed E-state index contributed by atoms with van der Waals surface area (Å²) in [6, 6.07) is 1.76. The summed E-state index contributed by atoms with van der Waals surface area (Å²) in [6.07, 6.45) is 8.09. The van der Waals surface area contributed by atoms with Crippen molar-refractivity contribution in [1.82, 2.24) is 25.8 Å². The summed E-state index contributed by atoms with van der Waals surface area (Å²) >= 11 is 5.85. The number of aromatic nitrogens is 3. The van der Waals surface area contributed by atoms with Gasteiger partial charge in [-0.3, -0.25) is 25.6 Å². The molecule has 3 atom stereocenters. The van der Waals surface area contributed by atoms with Crippen molar-refractivity contribution in [1.29, 1.82) is 0 Å². The first kappa shape index (κ1) is 24.5. The number of carbonyl (C=O) groups excluding carboxylic acids is 1. The molecule has 2 heterocycles. The fraction of sp³-hybridized carbons (Fsp3) is 0.500. The van der Waals surface area contributed by atoms with Crippen LogP contribution in [0.1, 0.15) is 54.0 Å². The van der Waals surface area contributed by atoms with Gasteiger partial charge in [0.15, 0.2) is 15.7 Å². The molecule has 2 N–H and O–H groups in total. The molecule has 2 aromatic rings. The van der Waals surface area contributed by atoms with Gasteiger partial charge in [-0.05, 0) is 50.2 Å². The van der Waals surface area contributed by atoms with E-state index < -0.39 is 32.9 Å². The number of methoxy groups -OCH3 is 1. The van der Waals surface area contributed by atoms with Crippen LogP contribution in [0.15, 0.2) is 35.8 Å². The van der Waals surface area contributed by atoms with Crippen LogP contribution in [0.2, 0.25) is 5.02 Å². The molecule has 2 saturated carbocycles. The average molecular weight is 507 g/mol. The Morgan fingerprint density at radius 3 is 2.56 bits per heavy atom. The number of rotatable bonds is 8. The van der Waals surface area contributed by atoms with Crippen molar-refractivity contribution in [3.8, 4) is 0 Å². The first-order valence-electron chi connectivity index (χ1n) is 10.9. The topological polar surface area (TPSA) is 136 Å². The molecule has 0 bridgehead atoms. The largest absolute Gasteiger partial charge is 0.372 e. The average Bonchev–Trinajstić information content (AvgIpc) is 3.72. The lowest BCUT2D eigenvalue weighted by molar-refractivity contribution is 0.0940. The predicted octanol–water partition coefficient (Wildman–Crippen LogP) is 2.21. The Morgan fingerprint density at radius 2 is 1.97 bits per heavy atom. The van der Waals surface area contributed by atoms with Crippen LogP contribution in [0.3, 0.4) is 0 Å². The molecule has 12 heteroatoms. The molecule has 182 valence electrons. The van der Waals surface area contributed by atoms with Gasteiger partial charge in [-0.2, -0.15) is 0 Å². The third-order valence-electron chi connectivity index (χ3n) is 6.29. The molecule has 10 nitrogen and oxygen atoms in total. The summed E-state index contributed by atoms with van der Waals surface area (Å²) in [5.41, 5.74) is 6.71. The second kappa shape index (κ2) is 9.55. The molecule has 1 amide bonds. The van der Waals surface area contributed by atoms with Gasteiger partial charge in [-0.25, -0.2) is 18.4 Å². The van der Waals surface area contributed by atoms with Crippen LogP contribution < -0.4 is 10.9 Å². The SMILES string of the molecule is CO[C@H](c1ncc(Cl)cn1)[C@H](C)S(=O)(=O)CC(=NC1CC12CC2)NNC(=O)c1cncc(C)c1. The third kappa shape index (κ3) is 5.53. The molecule has 2 aromatic heterocycles. The van der Waals surface area contributed by atoms with E-state index in [1.807, 2.05) is 6.92 Å². The third-order valence-corrected chi connectivity index (χ3v) is 8.54. The Hall–Kier alpha value is -2.63. The number of hydrogen-bond donors (Lipinski definition) is 2. The number of ether oxygens (including phenoxy) is 1. The number of hydrogen-bond acceptors (Lipinski definition) is 8. The lowest BCUT2D eigenvalue weighted by Gasteiger charge is -2.22. The maximum Gasteiger partial charge on any atom is 0.271 e. The van der Waals surface area contributed by atoms with E-state index in [4.69, 9.17) is 16.3 Å². The van der Waals surface area contributed by atoms with Crippen LogP contribution in [0.5, 0.6) is 0 Å². The number of halogens is 1. The van der Waals surface area contributed by atoms with Crippen LogP contribution in [-0.4, -0.2) is 59.3 Å². The zero-order valence-electron chi connectivity index (χ0n) is 19.2. The van der Waals surface area contributed by atoms with Crippen molar-refractivity contribution < 1.29 is 17.9 Å². The molecule has 34 heavy (non-hydrogen) atoms. The molecular formula is C22H27ClN6O4S. The number of aryl methyl sites for hydroxylation is 1. The predicted molar refractivity (Wildman–Crippen MR) is 127 cm³/mol. The van der Waals surface area contributed by atoms with E-state index in [2.05, 4.69) is 30.8 Å². The van der Waals surface area contributed by atoms with Gasteiger partial charge in [-0.15, -0.1) is 0 Å². The number of hydrazine groups is 1. The molecule has 0 saturated heterocycles. The van der Waals surface area contributed by atoms with E-state index in [0.717, 1.165) is 24.8 Å².